The second-order valence-corrected chi connectivity index (χ2v) is 3.90. The Kier molecular flexibility index (Phi) is 5.18. The van der Waals surface area contributed by atoms with Crippen molar-refractivity contribution in [1.29, 1.82) is 5.26 Å². The van der Waals surface area contributed by atoms with Crippen LogP contribution in [0.3, 0.4) is 0 Å². The minimum atomic E-state index is -0.0575. The van der Waals surface area contributed by atoms with Crippen molar-refractivity contribution in [3.8, 4) is 11.8 Å². The van der Waals surface area contributed by atoms with Gasteiger partial charge in [0.2, 0.25) is 0 Å². The second kappa shape index (κ2) is 6.66. The van der Waals surface area contributed by atoms with E-state index in [0.29, 0.717) is 13.1 Å². The van der Waals surface area contributed by atoms with Gasteiger partial charge < -0.3 is 4.74 Å². The van der Waals surface area contributed by atoms with Crippen molar-refractivity contribution in [2.45, 2.75) is 13.0 Å². The van der Waals surface area contributed by atoms with Gasteiger partial charge in [0.25, 0.3) is 0 Å². The summed E-state index contributed by atoms with van der Waals surface area (Å²) in [6.45, 7) is 0.957. The fourth-order valence-electron chi connectivity index (χ4n) is 1.58. The Labute approximate surface area is 101 Å². The minimum absolute atomic E-state index is 0.0253. The topological polar surface area (TPSA) is 53.3 Å². The molecule has 1 rings (SSSR count). The van der Waals surface area contributed by atoms with Crippen LogP contribution in [-0.4, -0.2) is 31.4 Å². The molecule has 90 valence electrons. The third-order valence-corrected chi connectivity index (χ3v) is 2.31. The highest BCUT2D eigenvalue weighted by molar-refractivity contribution is 5.82. The van der Waals surface area contributed by atoms with Gasteiger partial charge in [-0.2, -0.15) is 5.26 Å². The summed E-state index contributed by atoms with van der Waals surface area (Å²) in [4.78, 5) is 13.2. The minimum Gasteiger partial charge on any atom is -0.497 e. The monoisotopic (exact) mass is 232 g/mol. The number of carbonyl (C=O) groups is 1. The number of nitriles is 1. The smallest absolute Gasteiger partial charge is 0.160 e. The lowest BCUT2D eigenvalue weighted by Gasteiger charge is -2.15. The molecule has 0 saturated heterocycles. The molecule has 0 spiro atoms. The van der Waals surface area contributed by atoms with Crippen LogP contribution in [0.25, 0.3) is 0 Å². The normalized spacial score (nSPS) is 10.0. The molecule has 0 bridgehead atoms. The van der Waals surface area contributed by atoms with Crippen molar-refractivity contribution in [3.63, 3.8) is 0 Å². The molecule has 0 aliphatic heterocycles. The lowest BCUT2D eigenvalue weighted by molar-refractivity contribution is -0.119. The highest BCUT2D eigenvalue weighted by atomic mass is 16.5. The molecule has 0 fully saturated rings. The number of hydrogen-bond acceptors (Lipinski definition) is 4. The van der Waals surface area contributed by atoms with Gasteiger partial charge in [-0.3, -0.25) is 9.69 Å². The summed E-state index contributed by atoms with van der Waals surface area (Å²) in [5.41, 5.74) is 1.08. The number of benzene rings is 1. The number of ketones is 1. The highest BCUT2D eigenvalue weighted by Gasteiger charge is 2.07. The Morgan fingerprint density at radius 3 is 2.94 bits per heavy atom. The largest absolute Gasteiger partial charge is 0.497 e. The van der Waals surface area contributed by atoms with E-state index in [1.54, 1.807) is 7.11 Å². The predicted octanol–water partition coefficient (Wildman–Crippen LogP) is 1.61. The van der Waals surface area contributed by atoms with Gasteiger partial charge in [-0.15, -0.1) is 0 Å². The molecule has 0 aliphatic carbocycles. The van der Waals surface area contributed by atoms with Crippen molar-refractivity contribution in [1.82, 2.24) is 4.90 Å². The zero-order valence-electron chi connectivity index (χ0n) is 10.1. The fourth-order valence-corrected chi connectivity index (χ4v) is 1.58. The predicted molar refractivity (Wildman–Crippen MR) is 64.6 cm³/mol. The van der Waals surface area contributed by atoms with E-state index in [4.69, 9.17) is 10.00 Å². The van der Waals surface area contributed by atoms with Crippen LogP contribution in [0, 0.1) is 11.3 Å². The van der Waals surface area contributed by atoms with Crippen molar-refractivity contribution in [2.75, 3.05) is 20.7 Å². The van der Waals surface area contributed by atoms with E-state index < -0.39 is 0 Å². The first-order valence-electron chi connectivity index (χ1n) is 5.36. The Bertz CT molecular complexity index is 424. The molecule has 0 heterocycles. The quantitative estimate of drug-likeness (QED) is 0.747. The maximum Gasteiger partial charge on any atom is 0.160 e. The van der Waals surface area contributed by atoms with Crippen LogP contribution < -0.4 is 4.74 Å². The molecule has 0 radical (unpaired) electrons. The maximum atomic E-state index is 11.3. The molecule has 1 aromatic rings. The van der Waals surface area contributed by atoms with Gasteiger partial charge in [-0.25, -0.2) is 0 Å². The summed E-state index contributed by atoms with van der Waals surface area (Å²) in [5.74, 6) is 0.747. The van der Waals surface area contributed by atoms with Crippen LogP contribution >= 0.6 is 0 Å². The molecule has 0 aromatic heterocycles. The van der Waals surface area contributed by atoms with Gasteiger partial charge in [0.15, 0.2) is 5.78 Å². The van der Waals surface area contributed by atoms with Crippen LogP contribution in [0.5, 0.6) is 5.75 Å². The lowest BCUT2D eigenvalue weighted by Crippen LogP contribution is -2.25. The number of likely N-dealkylation sites (N-methyl/N-ethyl adjacent to an activating group) is 1. The second-order valence-electron chi connectivity index (χ2n) is 3.90. The summed E-state index contributed by atoms with van der Waals surface area (Å²) in [5, 5.41) is 8.40. The fraction of sp³-hybridized carbons (Fsp3) is 0.385. The first kappa shape index (κ1) is 13.2. The van der Waals surface area contributed by atoms with Crippen molar-refractivity contribution in [3.05, 3.63) is 29.8 Å². The molecule has 17 heavy (non-hydrogen) atoms. The summed E-state index contributed by atoms with van der Waals surface area (Å²) >= 11 is 0. The summed E-state index contributed by atoms with van der Waals surface area (Å²) in [6.07, 6.45) is -0.0253. The van der Waals surface area contributed by atoms with Crippen LogP contribution in [0.15, 0.2) is 24.3 Å². The van der Waals surface area contributed by atoms with E-state index in [-0.39, 0.29) is 12.2 Å². The van der Waals surface area contributed by atoms with E-state index in [2.05, 4.69) is 0 Å². The Balaban J connectivity index is 2.53. The van der Waals surface area contributed by atoms with Crippen molar-refractivity contribution < 1.29 is 9.53 Å². The molecule has 4 heteroatoms. The van der Waals surface area contributed by atoms with Crippen molar-refractivity contribution in [2.24, 2.45) is 0 Å². The first-order chi connectivity index (χ1) is 8.15. The summed E-state index contributed by atoms with van der Waals surface area (Å²) < 4.78 is 5.13. The molecule has 0 aliphatic rings. The standard InChI is InChI=1S/C13H16N2O2/c1-15(10-12(16)6-7-14)9-11-4-3-5-13(8-11)17-2/h3-5,8H,6,9-10H2,1-2H3. The van der Waals surface area contributed by atoms with Gasteiger partial charge in [0.1, 0.15) is 5.75 Å². The molecule has 0 saturated carbocycles. The van der Waals surface area contributed by atoms with E-state index in [1.807, 2.05) is 42.3 Å². The number of rotatable bonds is 6. The molecular weight excluding hydrogens is 216 g/mol. The van der Waals surface area contributed by atoms with Crippen LogP contribution in [0.1, 0.15) is 12.0 Å². The molecule has 4 nitrogen and oxygen atoms in total. The summed E-state index contributed by atoms with van der Waals surface area (Å²) in [6, 6.07) is 9.57. The zero-order chi connectivity index (χ0) is 12.7. The van der Waals surface area contributed by atoms with Gasteiger partial charge in [-0.1, -0.05) is 12.1 Å². The average molecular weight is 232 g/mol. The number of Topliss-reactive ketones (excluding diaryl/α,β-unsaturated/α-hetero) is 1. The number of nitrogens with zero attached hydrogens (tertiary/aromatic N) is 2. The van der Waals surface area contributed by atoms with Crippen LogP contribution in [0.4, 0.5) is 0 Å². The molecule has 0 N–H and O–H groups in total. The number of carbonyl (C=O) groups excluding carboxylic acids is 1. The Morgan fingerprint density at radius 1 is 1.53 bits per heavy atom. The van der Waals surface area contributed by atoms with Crippen LogP contribution in [-0.2, 0) is 11.3 Å². The van der Waals surface area contributed by atoms with E-state index in [1.165, 1.54) is 0 Å². The van der Waals surface area contributed by atoms with E-state index >= 15 is 0 Å². The van der Waals surface area contributed by atoms with Gasteiger partial charge in [0, 0.05) is 6.54 Å². The third kappa shape index (κ3) is 4.66. The third-order valence-electron chi connectivity index (χ3n) is 2.31. The Morgan fingerprint density at radius 2 is 2.29 bits per heavy atom. The SMILES string of the molecule is COc1cccc(CN(C)CC(=O)CC#N)c1. The summed E-state index contributed by atoms with van der Waals surface area (Å²) in [7, 11) is 3.48. The van der Waals surface area contributed by atoms with Gasteiger partial charge in [-0.05, 0) is 24.7 Å². The van der Waals surface area contributed by atoms with Crippen molar-refractivity contribution >= 4 is 5.78 Å². The van der Waals surface area contributed by atoms with Gasteiger partial charge in [0.05, 0.1) is 26.1 Å². The molecule has 0 unspecified atom stereocenters. The Hall–Kier alpha value is -1.86. The van der Waals surface area contributed by atoms with Gasteiger partial charge >= 0.3 is 0 Å². The zero-order valence-corrected chi connectivity index (χ0v) is 10.1. The first-order valence-corrected chi connectivity index (χ1v) is 5.36. The van der Waals surface area contributed by atoms with E-state index in [0.717, 1.165) is 11.3 Å². The lowest BCUT2D eigenvalue weighted by atomic mass is 10.2. The molecule has 1 aromatic carbocycles. The number of hydrogen-bond donors (Lipinski definition) is 0. The molecule has 0 atom stereocenters. The highest BCUT2D eigenvalue weighted by Crippen LogP contribution is 2.13. The maximum absolute atomic E-state index is 11.3. The average Bonchev–Trinajstić information content (AvgIpc) is 2.29. The van der Waals surface area contributed by atoms with Crippen LogP contribution in [0.2, 0.25) is 0 Å². The van der Waals surface area contributed by atoms with E-state index in [9.17, 15) is 4.79 Å². The number of methoxy groups -OCH3 is 1. The molecular formula is C13H16N2O2. The molecule has 0 amide bonds. The number of ether oxygens (including phenoxy) is 1.